The van der Waals surface area contributed by atoms with E-state index < -0.39 is 0 Å². The molecule has 1 fully saturated rings. The molecule has 0 aliphatic heterocycles. The quantitative estimate of drug-likeness (QED) is 0.775. The van der Waals surface area contributed by atoms with Gasteiger partial charge < -0.3 is 5.32 Å². The summed E-state index contributed by atoms with van der Waals surface area (Å²) < 4.78 is 0. The second kappa shape index (κ2) is 7.73. The summed E-state index contributed by atoms with van der Waals surface area (Å²) in [6.45, 7) is 2.09. The first kappa shape index (κ1) is 14.5. The summed E-state index contributed by atoms with van der Waals surface area (Å²) in [4.78, 5) is 0. The van der Waals surface area contributed by atoms with Crippen molar-refractivity contribution in [2.24, 2.45) is 0 Å². The maximum absolute atomic E-state index is 6.02. The van der Waals surface area contributed by atoms with Crippen LogP contribution in [0.5, 0.6) is 0 Å². The Bertz CT molecular complexity index is 330. The van der Waals surface area contributed by atoms with Gasteiger partial charge in [0.05, 0.1) is 0 Å². The number of hydrogen-bond donors (Lipinski definition) is 1. The lowest BCUT2D eigenvalue weighted by molar-refractivity contribution is 0.443. The van der Waals surface area contributed by atoms with Crippen LogP contribution in [0.15, 0.2) is 18.2 Å². The zero-order valence-corrected chi connectivity index (χ0v) is 12.0. The summed E-state index contributed by atoms with van der Waals surface area (Å²) in [5.74, 6) is 0.791. The molecule has 0 radical (unpaired) electrons. The average Bonchev–Trinajstić information content (AvgIpc) is 2.35. The largest absolute Gasteiger partial charge is 0.323 e. The van der Waals surface area contributed by atoms with Crippen molar-refractivity contribution in [1.82, 2.24) is 5.32 Å². The summed E-state index contributed by atoms with van der Waals surface area (Å²) in [5, 5.41) is 3.64. The Morgan fingerprint density at radius 2 is 1.71 bits per heavy atom. The molecule has 0 unspecified atom stereocenters. The SMILES string of the molecule is CNC.Cc1cc(C2CCCCC2)ccc1Cl. The smallest absolute Gasteiger partial charge is 0.0435 e. The Morgan fingerprint density at radius 1 is 1.12 bits per heavy atom. The first-order valence-corrected chi connectivity index (χ1v) is 6.91. The van der Waals surface area contributed by atoms with Crippen molar-refractivity contribution in [2.75, 3.05) is 14.1 Å². The van der Waals surface area contributed by atoms with E-state index in [1.165, 1.54) is 43.2 Å². The van der Waals surface area contributed by atoms with Crippen LogP contribution in [0.25, 0.3) is 0 Å². The molecular formula is C15H24ClN. The maximum atomic E-state index is 6.02. The molecule has 1 aromatic rings. The Kier molecular flexibility index (Phi) is 6.61. The predicted octanol–water partition coefficient (Wildman–Crippen LogP) is 4.53. The molecule has 0 spiro atoms. The van der Waals surface area contributed by atoms with Gasteiger partial charge in [0.1, 0.15) is 0 Å². The summed E-state index contributed by atoms with van der Waals surface area (Å²) >= 11 is 6.02. The van der Waals surface area contributed by atoms with E-state index in [1.54, 1.807) is 0 Å². The van der Waals surface area contributed by atoms with Crippen LogP contribution in [-0.4, -0.2) is 14.1 Å². The molecule has 1 nitrogen and oxygen atoms in total. The molecule has 2 heteroatoms. The van der Waals surface area contributed by atoms with Gasteiger partial charge in [0.15, 0.2) is 0 Å². The van der Waals surface area contributed by atoms with Gasteiger partial charge in [-0.25, -0.2) is 0 Å². The zero-order chi connectivity index (χ0) is 12.7. The van der Waals surface area contributed by atoms with E-state index in [-0.39, 0.29) is 0 Å². The van der Waals surface area contributed by atoms with E-state index in [1.807, 2.05) is 20.2 Å². The van der Waals surface area contributed by atoms with E-state index in [4.69, 9.17) is 11.6 Å². The van der Waals surface area contributed by atoms with Crippen molar-refractivity contribution in [1.29, 1.82) is 0 Å². The summed E-state index contributed by atoms with van der Waals surface area (Å²) in [5.41, 5.74) is 2.71. The normalized spacial score (nSPS) is 16.2. The van der Waals surface area contributed by atoms with Gasteiger partial charge in [-0.2, -0.15) is 0 Å². The van der Waals surface area contributed by atoms with Crippen molar-refractivity contribution < 1.29 is 0 Å². The molecule has 1 aliphatic rings. The van der Waals surface area contributed by atoms with Gasteiger partial charge in [0.25, 0.3) is 0 Å². The molecule has 0 amide bonds. The summed E-state index contributed by atoms with van der Waals surface area (Å²) in [6, 6.07) is 6.50. The molecule has 2 rings (SSSR count). The summed E-state index contributed by atoms with van der Waals surface area (Å²) in [7, 11) is 3.75. The molecule has 0 bridgehead atoms. The lowest BCUT2D eigenvalue weighted by Gasteiger charge is -2.22. The fraction of sp³-hybridized carbons (Fsp3) is 0.600. The summed E-state index contributed by atoms with van der Waals surface area (Å²) in [6.07, 6.45) is 6.93. The van der Waals surface area contributed by atoms with Gasteiger partial charge in [0.2, 0.25) is 0 Å². The van der Waals surface area contributed by atoms with Crippen LogP contribution in [0, 0.1) is 6.92 Å². The van der Waals surface area contributed by atoms with Crippen molar-refractivity contribution in [3.63, 3.8) is 0 Å². The van der Waals surface area contributed by atoms with Crippen molar-refractivity contribution in [2.45, 2.75) is 44.9 Å². The predicted molar refractivity (Wildman–Crippen MR) is 77.0 cm³/mol. The minimum atomic E-state index is 0.791. The second-order valence-corrected chi connectivity index (χ2v) is 5.25. The topological polar surface area (TPSA) is 12.0 Å². The van der Waals surface area contributed by atoms with Crippen LogP contribution in [0.2, 0.25) is 5.02 Å². The maximum Gasteiger partial charge on any atom is 0.0435 e. The first-order valence-electron chi connectivity index (χ1n) is 6.53. The van der Waals surface area contributed by atoms with Gasteiger partial charge in [-0.3, -0.25) is 0 Å². The lowest BCUT2D eigenvalue weighted by atomic mass is 9.84. The fourth-order valence-electron chi connectivity index (χ4n) is 2.36. The number of hydrogen-bond acceptors (Lipinski definition) is 1. The first-order chi connectivity index (χ1) is 8.19. The average molecular weight is 254 g/mol. The number of rotatable bonds is 1. The number of halogens is 1. The van der Waals surface area contributed by atoms with E-state index in [0.717, 1.165) is 10.9 Å². The Hall–Kier alpha value is -0.530. The van der Waals surface area contributed by atoms with Crippen molar-refractivity contribution in [3.05, 3.63) is 34.3 Å². The van der Waals surface area contributed by atoms with Crippen LogP contribution in [0.1, 0.15) is 49.1 Å². The fourth-order valence-corrected chi connectivity index (χ4v) is 2.48. The molecule has 0 heterocycles. The monoisotopic (exact) mass is 253 g/mol. The molecule has 1 saturated carbocycles. The van der Waals surface area contributed by atoms with Crippen LogP contribution in [0.4, 0.5) is 0 Å². The van der Waals surface area contributed by atoms with Gasteiger partial charge in [0, 0.05) is 5.02 Å². The van der Waals surface area contributed by atoms with Crippen LogP contribution < -0.4 is 5.32 Å². The van der Waals surface area contributed by atoms with Crippen molar-refractivity contribution >= 4 is 11.6 Å². The van der Waals surface area contributed by atoms with Gasteiger partial charge in [-0.1, -0.05) is 43.0 Å². The third-order valence-corrected chi connectivity index (χ3v) is 3.68. The number of benzene rings is 1. The molecule has 0 saturated heterocycles. The highest BCUT2D eigenvalue weighted by Crippen LogP contribution is 2.33. The Morgan fingerprint density at radius 3 is 2.24 bits per heavy atom. The van der Waals surface area contributed by atoms with E-state index in [0.29, 0.717) is 0 Å². The zero-order valence-electron chi connectivity index (χ0n) is 11.2. The molecule has 1 N–H and O–H groups in total. The molecular weight excluding hydrogens is 230 g/mol. The van der Waals surface area contributed by atoms with Gasteiger partial charge >= 0.3 is 0 Å². The van der Waals surface area contributed by atoms with Crippen molar-refractivity contribution in [3.8, 4) is 0 Å². The highest BCUT2D eigenvalue weighted by atomic mass is 35.5. The van der Waals surface area contributed by atoms with Gasteiger partial charge in [-0.15, -0.1) is 0 Å². The Balaban J connectivity index is 0.000000437. The van der Waals surface area contributed by atoms with E-state index in [9.17, 15) is 0 Å². The second-order valence-electron chi connectivity index (χ2n) is 4.84. The third-order valence-electron chi connectivity index (χ3n) is 3.26. The molecule has 1 aliphatic carbocycles. The standard InChI is InChI=1S/C13H17Cl.C2H7N/c1-10-9-12(7-8-13(10)14)11-5-3-2-4-6-11;1-3-2/h7-9,11H,2-6H2,1H3;3H,1-2H3. The lowest BCUT2D eigenvalue weighted by Crippen LogP contribution is -2.04. The number of aryl methyl sites for hydroxylation is 1. The molecule has 1 aromatic carbocycles. The highest BCUT2D eigenvalue weighted by molar-refractivity contribution is 6.31. The van der Waals surface area contributed by atoms with Crippen LogP contribution in [0.3, 0.4) is 0 Å². The molecule has 0 aromatic heterocycles. The minimum absolute atomic E-state index is 0.791. The third kappa shape index (κ3) is 4.69. The van der Waals surface area contributed by atoms with E-state index in [2.05, 4.69) is 24.4 Å². The molecule has 17 heavy (non-hydrogen) atoms. The van der Waals surface area contributed by atoms with Crippen LogP contribution in [-0.2, 0) is 0 Å². The minimum Gasteiger partial charge on any atom is -0.323 e. The van der Waals surface area contributed by atoms with Crippen LogP contribution >= 0.6 is 11.6 Å². The number of nitrogens with one attached hydrogen (secondary N) is 1. The highest BCUT2D eigenvalue weighted by Gasteiger charge is 2.15. The molecule has 0 atom stereocenters. The van der Waals surface area contributed by atoms with Gasteiger partial charge in [-0.05, 0) is 57.0 Å². The Labute approximate surface area is 111 Å². The van der Waals surface area contributed by atoms with E-state index >= 15 is 0 Å². The molecule has 96 valence electrons.